The fraction of sp³-hybridized carbons (Fsp3) is 0.294. The van der Waals surface area contributed by atoms with Crippen LogP contribution in [0.5, 0.6) is 11.5 Å². The quantitative estimate of drug-likeness (QED) is 0.829. The molecular weight excluding hydrogens is 392 g/mol. The van der Waals surface area contributed by atoms with Gasteiger partial charge in [0.2, 0.25) is 16.8 Å². The van der Waals surface area contributed by atoms with Gasteiger partial charge in [0.05, 0.1) is 16.3 Å². The van der Waals surface area contributed by atoms with E-state index in [1.54, 1.807) is 30.3 Å². The van der Waals surface area contributed by atoms with Gasteiger partial charge in [-0.1, -0.05) is 0 Å². The van der Waals surface area contributed by atoms with Gasteiger partial charge in [0.1, 0.15) is 0 Å². The van der Waals surface area contributed by atoms with Gasteiger partial charge in [-0.3, -0.25) is 9.03 Å². The molecule has 0 amide bonds. The summed E-state index contributed by atoms with van der Waals surface area (Å²) in [5, 5.41) is 0. The Morgan fingerprint density at radius 3 is 2.44 bits per heavy atom. The standard InChI is InChI=1S/C17H18N2O6S2/c20-26(21)10-2-1-9-19(26)14-5-3-13(4-6-14)18-27(22,23)15-7-8-16-17(11-15)25-12-24-16/h3-8,11,18H,1-2,9-10,12H2. The Balaban J connectivity index is 1.54. The van der Waals surface area contributed by atoms with Gasteiger partial charge >= 0.3 is 0 Å². The van der Waals surface area contributed by atoms with Crippen molar-refractivity contribution < 1.29 is 26.3 Å². The summed E-state index contributed by atoms with van der Waals surface area (Å²) in [6, 6.07) is 10.7. The zero-order valence-electron chi connectivity index (χ0n) is 14.3. The van der Waals surface area contributed by atoms with Crippen LogP contribution in [0.3, 0.4) is 0 Å². The summed E-state index contributed by atoms with van der Waals surface area (Å²) in [4.78, 5) is 0.0504. The number of fused-ring (bicyclic) bond motifs is 1. The maximum Gasteiger partial charge on any atom is 0.262 e. The molecule has 1 fully saturated rings. The predicted molar refractivity (Wildman–Crippen MR) is 100 cm³/mol. The van der Waals surface area contributed by atoms with Crippen molar-refractivity contribution in [3.63, 3.8) is 0 Å². The number of nitrogens with zero attached hydrogens (tertiary/aromatic N) is 1. The molecule has 0 radical (unpaired) electrons. The van der Waals surface area contributed by atoms with Crippen LogP contribution < -0.4 is 18.5 Å². The lowest BCUT2D eigenvalue weighted by atomic mass is 10.2. The van der Waals surface area contributed by atoms with Crippen LogP contribution in [0.2, 0.25) is 0 Å². The first-order valence-corrected chi connectivity index (χ1v) is 11.5. The first-order valence-electron chi connectivity index (χ1n) is 8.38. The highest BCUT2D eigenvalue weighted by atomic mass is 32.2. The average molecular weight is 410 g/mol. The molecule has 8 nitrogen and oxygen atoms in total. The zero-order chi connectivity index (χ0) is 19.1. The first-order chi connectivity index (χ1) is 12.9. The highest BCUT2D eigenvalue weighted by Gasteiger charge is 2.26. The van der Waals surface area contributed by atoms with E-state index >= 15 is 0 Å². The Kier molecular flexibility index (Phi) is 4.39. The van der Waals surface area contributed by atoms with Gasteiger partial charge in [-0.25, -0.2) is 16.8 Å². The van der Waals surface area contributed by atoms with Crippen LogP contribution in [0.25, 0.3) is 0 Å². The average Bonchev–Trinajstić information content (AvgIpc) is 3.10. The van der Waals surface area contributed by atoms with Gasteiger partial charge in [0.15, 0.2) is 11.5 Å². The summed E-state index contributed by atoms with van der Waals surface area (Å²) >= 11 is 0. The molecule has 2 aliphatic heterocycles. The second kappa shape index (κ2) is 6.61. The fourth-order valence-corrected chi connectivity index (χ4v) is 5.75. The van der Waals surface area contributed by atoms with Crippen molar-refractivity contribution in [2.75, 3.05) is 28.1 Å². The monoisotopic (exact) mass is 410 g/mol. The number of anilines is 2. The van der Waals surface area contributed by atoms with Crippen molar-refractivity contribution >= 4 is 31.4 Å². The van der Waals surface area contributed by atoms with Crippen molar-refractivity contribution in [2.45, 2.75) is 17.7 Å². The number of hydrogen-bond donors (Lipinski definition) is 1. The first kappa shape index (κ1) is 17.9. The molecule has 4 rings (SSSR count). The van der Waals surface area contributed by atoms with Crippen molar-refractivity contribution in [2.24, 2.45) is 0 Å². The molecule has 0 aliphatic carbocycles. The minimum absolute atomic E-state index is 0.0504. The molecule has 2 aromatic carbocycles. The van der Waals surface area contributed by atoms with Crippen LogP contribution in [0.15, 0.2) is 47.4 Å². The molecule has 2 aromatic rings. The normalized spacial score (nSPS) is 18.3. The lowest BCUT2D eigenvalue weighted by Gasteiger charge is -2.28. The molecular formula is C17H18N2O6S2. The number of sulfonamides is 2. The molecule has 1 saturated heterocycles. The lowest BCUT2D eigenvalue weighted by Crippen LogP contribution is -2.37. The predicted octanol–water partition coefficient (Wildman–Crippen LogP) is 2.15. The number of rotatable bonds is 4. The molecule has 27 heavy (non-hydrogen) atoms. The summed E-state index contributed by atoms with van der Waals surface area (Å²) in [5.74, 6) is 1.01. The molecule has 0 bridgehead atoms. The summed E-state index contributed by atoms with van der Waals surface area (Å²) in [5.41, 5.74) is 0.867. The Morgan fingerprint density at radius 1 is 0.963 bits per heavy atom. The fourth-order valence-electron chi connectivity index (χ4n) is 3.03. The molecule has 0 unspecified atom stereocenters. The van der Waals surface area contributed by atoms with Crippen LogP contribution in [0.4, 0.5) is 11.4 Å². The Morgan fingerprint density at radius 2 is 1.70 bits per heavy atom. The number of benzene rings is 2. The minimum atomic E-state index is -3.81. The van der Waals surface area contributed by atoms with Crippen LogP contribution in [-0.4, -0.2) is 35.9 Å². The largest absolute Gasteiger partial charge is 0.454 e. The molecule has 10 heteroatoms. The van der Waals surface area contributed by atoms with Crippen LogP contribution >= 0.6 is 0 Å². The van der Waals surface area contributed by atoms with Crippen molar-refractivity contribution in [1.82, 2.24) is 0 Å². The summed E-state index contributed by atoms with van der Waals surface area (Å²) in [6.45, 7) is 0.498. The smallest absolute Gasteiger partial charge is 0.262 e. The third-order valence-electron chi connectivity index (χ3n) is 4.41. The van der Waals surface area contributed by atoms with E-state index in [0.29, 0.717) is 35.8 Å². The molecule has 2 heterocycles. The summed E-state index contributed by atoms with van der Waals surface area (Å²) in [7, 11) is -7.12. The summed E-state index contributed by atoms with van der Waals surface area (Å²) < 4.78 is 63.7. The van der Waals surface area contributed by atoms with Gasteiger partial charge in [-0.2, -0.15) is 0 Å². The van der Waals surface area contributed by atoms with E-state index in [2.05, 4.69) is 4.72 Å². The Labute approximate surface area is 157 Å². The lowest BCUT2D eigenvalue weighted by molar-refractivity contribution is 0.174. The highest BCUT2D eigenvalue weighted by molar-refractivity contribution is 7.93. The van der Waals surface area contributed by atoms with Crippen molar-refractivity contribution in [3.8, 4) is 11.5 Å². The minimum Gasteiger partial charge on any atom is -0.454 e. The van der Waals surface area contributed by atoms with Gasteiger partial charge in [-0.15, -0.1) is 0 Å². The second-order valence-electron chi connectivity index (χ2n) is 6.26. The van der Waals surface area contributed by atoms with Crippen LogP contribution in [0.1, 0.15) is 12.8 Å². The molecule has 0 spiro atoms. The van der Waals surface area contributed by atoms with Crippen LogP contribution in [-0.2, 0) is 20.0 Å². The number of ether oxygens (including phenoxy) is 2. The Bertz CT molecular complexity index is 1070. The topological polar surface area (TPSA) is 102 Å². The third kappa shape index (κ3) is 3.54. The van der Waals surface area contributed by atoms with Gasteiger partial charge in [-0.05, 0) is 49.2 Å². The van der Waals surface area contributed by atoms with Crippen LogP contribution in [0, 0.1) is 0 Å². The van der Waals surface area contributed by atoms with Crippen molar-refractivity contribution in [3.05, 3.63) is 42.5 Å². The number of hydrogen-bond acceptors (Lipinski definition) is 6. The molecule has 0 atom stereocenters. The second-order valence-corrected chi connectivity index (χ2v) is 9.96. The van der Waals surface area contributed by atoms with Gasteiger partial charge < -0.3 is 9.47 Å². The molecule has 2 aliphatic rings. The van der Waals surface area contributed by atoms with E-state index in [9.17, 15) is 16.8 Å². The SMILES string of the molecule is O=S(=O)(Nc1ccc(N2CCCCS2(=O)=O)cc1)c1ccc2c(c1)OCO2. The maximum absolute atomic E-state index is 12.6. The van der Waals surface area contributed by atoms with E-state index in [0.717, 1.165) is 6.42 Å². The van der Waals surface area contributed by atoms with E-state index in [4.69, 9.17) is 9.47 Å². The van der Waals surface area contributed by atoms with E-state index in [-0.39, 0.29) is 17.4 Å². The molecule has 1 N–H and O–H groups in total. The molecule has 0 aromatic heterocycles. The van der Waals surface area contributed by atoms with Gasteiger partial charge in [0.25, 0.3) is 10.0 Å². The van der Waals surface area contributed by atoms with Crippen molar-refractivity contribution in [1.29, 1.82) is 0 Å². The Hall–Kier alpha value is -2.46. The van der Waals surface area contributed by atoms with E-state index in [1.165, 1.54) is 16.4 Å². The van der Waals surface area contributed by atoms with Gasteiger partial charge in [0, 0.05) is 18.3 Å². The highest BCUT2D eigenvalue weighted by Crippen LogP contribution is 2.34. The van der Waals surface area contributed by atoms with E-state index < -0.39 is 20.0 Å². The third-order valence-corrected chi connectivity index (χ3v) is 7.66. The number of nitrogens with one attached hydrogen (secondary N) is 1. The molecule has 144 valence electrons. The van der Waals surface area contributed by atoms with E-state index in [1.807, 2.05) is 0 Å². The molecule has 0 saturated carbocycles. The maximum atomic E-state index is 12.6. The summed E-state index contributed by atoms with van der Waals surface area (Å²) in [6.07, 6.45) is 1.46. The zero-order valence-corrected chi connectivity index (χ0v) is 15.9.